The van der Waals surface area contributed by atoms with Crippen LogP contribution in [0, 0.1) is 0 Å². The molecule has 0 aliphatic heterocycles. The fraction of sp³-hybridized carbons (Fsp3) is 0.455. The van der Waals surface area contributed by atoms with Crippen LogP contribution >= 0.6 is 0 Å². The van der Waals surface area contributed by atoms with Gasteiger partial charge in [-0.25, -0.2) is 0 Å². The molecule has 0 saturated carbocycles. The van der Waals surface area contributed by atoms with E-state index in [1.807, 2.05) is 24.3 Å². The lowest BCUT2D eigenvalue weighted by molar-refractivity contribution is 0.209. The Morgan fingerprint density at radius 1 is 1.27 bits per heavy atom. The number of rotatable bonds is 5. The smallest absolute Gasteiger partial charge is 0.0833 e. The fourth-order valence-corrected chi connectivity index (χ4v) is 1.79. The van der Waals surface area contributed by atoms with Crippen molar-refractivity contribution in [2.45, 2.75) is 25.7 Å². The molecule has 0 heterocycles. The summed E-state index contributed by atoms with van der Waals surface area (Å²) in [6, 6.07) is 8.74. The minimum Gasteiger partial charge on any atom is -0.397 e. The van der Waals surface area contributed by atoms with Gasteiger partial charge >= 0.3 is 0 Å². The Labute approximate surface area is 92.6 Å². The molecular weight excluding hydrogens is 204 g/mol. The highest BCUT2D eigenvalue weighted by molar-refractivity contribution is 6.76. The van der Waals surface area contributed by atoms with Crippen molar-refractivity contribution in [2.75, 3.05) is 17.8 Å². The van der Waals surface area contributed by atoms with Crippen LogP contribution in [0.1, 0.15) is 0 Å². The van der Waals surface area contributed by atoms with Gasteiger partial charge in [-0.2, -0.15) is 0 Å². The molecule has 1 aromatic rings. The number of para-hydroxylation sites is 2. The van der Waals surface area contributed by atoms with E-state index >= 15 is 0 Å². The average molecular weight is 224 g/mol. The molecule has 1 aromatic carbocycles. The summed E-state index contributed by atoms with van der Waals surface area (Å²) >= 11 is 0. The van der Waals surface area contributed by atoms with Gasteiger partial charge in [0.25, 0.3) is 0 Å². The first kappa shape index (κ1) is 12.1. The van der Waals surface area contributed by atoms with Gasteiger partial charge in [0.1, 0.15) is 0 Å². The first-order chi connectivity index (χ1) is 6.99. The van der Waals surface area contributed by atoms with E-state index in [9.17, 15) is 0 Å². The van der Waals surface area contributed by atoms with Crippen molar-refractivity contribution in [3.63, 3.8) is 0 Å². The second kappa shape index (κ2) is 5.18. The SMILES string of the molecule is C[Si](C)(C)CCONc1ccccc1N. The van der Waals surface area contributed by atoms with E-state index in [0.717, 1.165) is 18.3 Å². The molecule has 0 aromatic heterocycles. The maximum Gasteiger partial charge on any atom is 0.0833 e. The lowest BCUT2D eigenvalue weighted by Crippen LogP contribution is -2.22. The minimum absolute atomic E-state index is 0.713. The largest absolute Gasteiger partial charge is 0.397 e. The van der Waals surface area contributed by atoms with Crippen molar-refractivity contribution in [1.29, 1.82) is 0 Å². The van der Waals surface area contributed by atoms with Gasteiger partial charge in [0.15, 0.2) is 0 Å². The third-order valence-corrected chi connectivity index (χ3v) is 3.80. The number of hydrogen-bond acceptors (Lipinski definition) is 3. The summed E-state index contributed by atoms with van der Waals surface area (Å²) in [6.45, 7) is 7.72. The second-order valence-electron chi connectivity index (χ2n) is 4.85. The molecule has 0 radical (unpaired) electrons. The van der Waals surface area contributed by atoms with Crippen molar-refractivity contribution in [2.24, 2.45) is 0 Å². The zero-order chi connectivity index (χ0) is 11.3. The molecule has 3 nitrogen and oxygen atoms in total. The number of nitrogens with one attached hydrogen (secondary N) is 1. The predicted molar refractivity (Wildman–Crippen MR) is 68.6 cm³/mol. The highest BCUT2D eigenvalue weighted by Gasteiger charge is 2.12. The van der Waals surface area contributed by atoms with Crippen molar-refractivity contribution in [3.05, 3.63) is 24.3 Å². The molecule has 0 aliphatic rings. The van der Waals surface area contributed by atoms with Gasteiger partial charge in [-0.1, -0.05) is 31.8 Å². The summed E-state index contributed by atoms with van der Waals surface area (Å²) in [7, 11) is -1.01. The van der Waals surface area contributed by atoms with Crippen molar-refractivity contribution < 1.29 is 4.84 Å². The Morgan fingerprint density at radius 3 is 2.53 bits per heavy atom. The van der Waals surface area contributed by atoms with Gasteiger partial charge in [0.2, 0.25) is 0 Å². The highest BCUT2D eigenvalue weighted by atomic mass is 28.3. The third kappa shape index (κ3) is 4.85. The average Bonchev–Trinajstić information content (AvgIpc) is 2.13. The number of nitrogens with two attached hydrogens (primary N) is 1. The summed E-state index contributed by atoms with van der Waals surface area (Å²) in [5.41, 5.74) is 10.2. The normalized spacial score (nSPS) is 11.4. The van der Waals surface area contributed by atoms with Crippen LogP contribution in [0.2, 0.25) is 25.7 Å². The van der Waals surface area contributed by atoms with Gasteiger partial charge in [0.05, 0.1) is 18.0 Å². The van der Waals surface area contributed by atoms with E-state index < -0.39 is 8.07 Å². The van der Waals surface area contributed by atoms with E-state index in [-0.39, 0.29) is 0 Å². The van der Waals surface area contributed by atoms with Gasteiger partial charge in [-0.3, -0.25) is 10.3 Å². The monoisotopic (exact) mass is 224 g/mol. The molecule has 0 saturated heterocycles. The van der Waals surface area contributed by atoms with E-state index in [1.165, 1.54) is 0 Å². The molecule has 0 fully saturated rings. The number of benzene rings is 1. The van der Waals surface area contributed by atoms with Crippen molar-refractivity contribution in [1.82, 2.24) is 0 Å². The minimum atomic E-state index is -1.01. The molecular formula is C11H20N2OSi. The summed E-state index contributed by atoms with van der Waals surface area (Å²) in [5, 5.41) is 0. The third-order valence-electron chi connectivity index (χ3n) is 2.10. The molecule has 0 spiro atoms. The molecule has 84 valence electrons. The lowest BCUT2D eigenvalue weighted by Gasteiger charge is -2.16. The van der Waals surface area contributed by atoms with Crippen LogP contribution in [0.25, 0.3) is 0 Å². The van der Waals surface area contributed by atoms with Crippen LogP contribution in [0.15, 0.2) is 24.3 Å². The van der Waals surface area contributed by atoms with Crippen molar-refractivity contribution in [3.8, 4) is 0 Å². The molecule has 4 heteroatoms. The Hall–Kier alpha value is -1.00. The standard InChI is InChI=1S/C11H20N2OSi/c1-15(2,3)9-8-14-13-11-7-5-4-6-10(11)12/h4-7,13H,8-9,12H2,1-3H3. The molecule has 1 rings (SSSR count). The zero-order valence-electron chi connectivity index (χ0n) is 9.71. The lowest BCUT2D eigenvalue weighted by atomic mass is 10.3. The van der Waals surface area contributed by atoms with E-state index in [2.05, 4.69) is 25.1 Å². The quantitative estimate of drug-likeness (QED) is 0.350. The molecule has 0 amide bonds. The van der Waals surface area contributed by atoms with Gasteiger partial charge < -0.3 is 5.73 Å². The Morgan fingerprint density at radius 2 is 1.93 bits per heavy atom. The van der Waals surface area contributed by atoms with E-state index in [4.69, 9.17) is 10.6 Å². The fourth-order valence-electron chi connectivity index (χ4n) is 1.08. The maximum absolute atomic E-state index is 5.75. The van der Waals surface area contributed by atoms with Crippen LogP contribution < -0.4 is 11.2 Å². The number of nitrogen functional groups attached to an aromatic ring is 1. The molecule has 0 aliphatic carbocycles. The Bertz CT molecular complexity index is 310. The van der Waals surface area contributed by atoms with Crippen LogP contribution in [-0.2, 0) is 4.84 Å². The molecule has 0 atom stereocenters. The number of anilines is 2. The topological polar surface area (TPSA) is 47.3 Å². The van der Waals surface area contributed by atoms with E-state index in [1.54, 1.807) is 0 Å². The van der Waals surface area contributed by atoms with Crippen LogP contribution in [-0.4, -0.2) is 14.7 Å². The Balaban J connectivity index is 2.30. The molecule has 15 heavy (non-hydrogen) atoms. The molecule has 0 unspecified atom stereocenters. The van der Waals surface area contributed by atoms with Gasteiger partial charge in [-0.15, -0.1) is 0 Å². The highest BCUT2D eigenvalue weighted by Crippen LogP contribution is 2.16. The van der Waals surface area contributed by atoms with Crippen LogP contribution in [0.5, 0.6) is 0 Å². The van der Waals surface area contributed by atoms with Gasteiger partial charge in [-0.05, 0) is 18.2 Å². The maximum atomic E-state index is 5.75. The summed E-state index contributed by atoms with van der Waals surface area (Å²) in [5.74, 6) is 0. The summed E-state index contributed by atoms with van der Waals surface area (Å²) < 4.78 is 0. The summed E-state index contributed by atoms with van der Waals surface area (Å²) in [4.78, 5) is 5.38. The molecule has 3 N–H and O–H groups in total. The predicted octanol–water partition coefficient (Wildman–Crippen LogP) is 2.95. The van der Waals surface area contributed by atoms with Gasteiger partial charge in [0, 0.05) is 8.07 Å². The number of hydrogen-bond donors (Lipinski definition) is 2. The first-order valence-electron chi connectivity index (χ1n) is 5.21. The van der Waals surface area contributed by atoms with E-state index in [0.29, 0.717) is 5.69 Å². The zero-order valence-corrected chi connectivity index (χ0v) is 10.7. The second-order valence-corrected chi connectivity index (χ2v) is 10.5. The Kier molecular flexibility index (Phi) is 4.17. The van der Waals surface area contributed by atoms with Crippen LogP contribution in [0.3, 0.4) is 0 Å². The van der Waals surface area contributed by atoms with Crippen molar-refractivity contribution >= 4 is 19.4 Å². The van der Waals surface area contributed by atoms with Crippen LogP contribution in [0.4, 0.5) is 11.4 Å². The first-order valence-corrected chi connectivity index (χ1v) is 8.92. The molecule has 0 bridgehead atoms. The summed E-state index contributed by atoms with van der Waals surface area (Å²) in [6.07, 6.45) is 0.